The lowest BCUT2D eigenvalue weighted by molar-refractivity contribution is -0.117. The molecule has 2 atom stereocenters. The normalized spacial score (nSPS) is 19.7. The van der Waals surface area contributed by atoms with E-state index in [1.165, 1.54) is 17.2 Å². The summed E-state index contributed by atoms with van der Waals surface area (Å²) in [5.41, 5.74) is 2.77. The van der Waals surface area contributed by atoms with E-state index >= 15 is 0 Å². The lowest BCUT2D eigenvalue weighted by atomic mass is 9.74. The highest BCUT2D eigenvalue weighted by Gasteiger charge is 2.30. The highest BCUT2D eigenvalue weighted by atomic mass is 16.1. The van der Waals surface area contributed by atoms with E-state index in [0.717, 1.165) is 6.42 Å². The van der Waals surface area contributed by atoms with Gasteiger partial charge in [0.05, 0.1) is 0 Å². The van der Waals surface area contributed by atoms with Crippen LogP contribution in [0.1, 0.15) is 24.0 Å². The second-order valence-electron chi connectivity index (χ2n) is 4.01. The number of fused-ring (bicyclic) bond motifs is 1. The molecule has 0 radical (unpaired) electrons. The third kappa shape index (κ3) is 1.80. The Morgan fingerprint density at radius 2 is 2.33 bits per heavy atom. The summed E-state index contributed by atoms with van der Waals surface area (Å²) in [6.45, 7) is 5.49. The minimum absolute atomic E-state index is 0.0909. The number of carbonyl (C=O) groups is 1. The Bertz CT molecular complexity index is 397. The SMILES string of the molecule is C=CC(=O)NC(C)C1Cc2ccccc21. The summed E-state index contributed by atoms with van der Waals surface area (Å²) in [7, 11) is 0. The van der Waals surface area contributed by atoms with Gasteiger partial charge in [0.2, 0.25) is 5.91 Å². The average Bonchev–Trinajstić information content (AvgIpc) is 2.19. The van der Waals surface area contributed by atoms with Gasteiger partial charge < -0.3 is 5.32 Å². The van der Waals surface area contributed by atoms with Crippen molar-refractivity contribution in [2.24, 2.45) is 0 Å². The molecule has 0 fully saturated rings. The standard InChI is InChI=1S/C13H15NO/c1-3-13(15)14-9(2)12-8-10-6-4-5-7-11(10)12/h3-7,9,12H,1,8H2,2H3,(H,14,15). The summed E-state index contributed by atoms with van der Waals surface area (Å²) in [5.74, 6) is 0.372. The molecule has 2 unspecified atom stereocenters. The molecule has 0 aliphatic heterocycles. The Labute approximate surface area is 90.0 Å². The van der Waals surface area contributed by atoms with Crippen molar-refractivity contribution in [1.29, 1.82) is 0 Å². The second-order valence-corrected chi connectivity index (χ2v) is 4.01. The van der Waals surface area contributed by atoms with Gasteiger partial charge in [0.25, 0.3) is 0 Å². The van der Waals surface area contributed by atoms with Crippen LogP contribution < -0.4 is 5.32 Å². The topological polar surface area (TPSA) is 29.1 Å². The number of hydrogen-bond acceptors (Lipinski definition) is 1. The molecule has 2 heteroatoms. The minimum Gasteiger partial charge on any atom is -0.349 e. The predicted molar refractivity (Wildman–Crippen MR) is 60.7 cm³/mol. The van der Waals surface area contributed by atoms with E-state index in [4.69, 9.17) is 0 Å². The molecule has 0 bridgehead atoms. The van der Waals surface area contributed by atoms with Crippen molar-refractivity contribution in [3.8, 4) is 0 Å². The van der Waals surface area contributed by atoms with Crippen molar-refractivity contribution < 1.29 is 4.79 Å². The van der Waals surface area contributed by atoms with Crippen LogP contribution in [0.2, 0.25) is 0 Å². The molecule has 0 aromatic heterocycles. The van der Waals surface area contributed by atoms with Crippen LogP contribution in [0.5, 0.6) is 0 Å². The van der Waals surface area contributed by atoms with Crippen LogP contribution in [0.25, 0.3) is 0 Å². The number of hydrogen-bond donors (Lipinski definition) is 1. The fourth-order valence-corrected chi connectivity index (χ4v) is 2.13. The zero-order valence-electron chi connectivity index (χ0n) is 8.86. The van der Waals surface area contributed by atoms with Gasteiger partial charge in [-0.2, -0.15) is 0 Å². The smallest absolute Gasteiger partial charge is 0.243 e. The van der Waals surface area contributed by atoms with E-state index in [2.05, 4.69) is 30.1 Å². The van der Waals surface area contributed by atoms with Crippen LogP contribution in [-0.2, 0) is 11.2 Å². The van der Waals surface area contributed by atoms with Gasteiger partial charge in [-0.15, -0.1) is 0 Å². The summed E-state index contributed by atoms with van der Waals surface area (Å²) in [6, 6.07) is 8.58. The van der Waals surface area contributed by atoms with Gasteiger partial charge in [-0.1, -0.05) is 30.8 Å². The summed E-state index contributed by atoms with van der Waals surface area (Å²) in [5, 5.41) is 2.92. The molecule has 1 aromatic rings. The molecular weight excluding hydrogens is 186 g/mol. The highest BCUT2D eigenvalue weighted by Crippen LogP contribution is 2.36. The zero-order valence-corrected chi connectivity index (χ0v) is 8.86. The van der Waals surface area contributed by atoms with Crippen LogP contribution in [0.15, 0.2) is 36.9 Å². The molecule has 1 N–H and O–H groups in total. The predicted octanol–water partition coefficient (Wildman–Crippen LogP) is 2.02. The van der Waals surface area contributed by atoms with Crippen molar-refractivity contribution >= 4 is 5.91 Å². The molecule has 2 rings (SSSR count). The molecule has 0 saturated carbocycles. The van der Waals surface area contributed by atoms with Crippen molar-refractivity contribution in [2.75, 3.05) is 0 Å². The number of amides is 1. The van der Waals surface area contributed by atoms with Gasteiger partial charge in [-0.3, -0.25) is 4.79 Å². The van der Waals surface area contributed by atoms with Crippen molar-refractivity contribution in [1.82, 2.24) is 5.32 Å². The van der Waals surface area contributed by atoms with Crippen LogP contribution in [0.4, 0.5) is 0 Å². The van der Waals surface area contributed by atoms with Gasteiger partial charge in [-0.25, -0.2) is 0 Å². The first-order valence-corrected chi connectivity index (χ1v) is 5.23. The molecule has 0 saturated heterocycles. The van der Waals surface area contributed by atoms with Gasteiger partial charge in [0.15, 0.2) is 0 Å². The first-order valence-electron chi connectivity index (χ1n) is 5.23. The maximum atomic E-state index is 11.1. The van der Waals surface area contributed by atoms with Crippen LogP contribution >= 0.6 is 0 Å². The quantitative estimate of drug-likeness (QED) is 0.745. The van der Waals surface area contributed by atoms with Gasteiger partial charge in [-0.05, 0) is 30.5 Å². The molecule has 0 spiro atoms. The molecule has 1 aliphatic carbocycles. The van der Waals surface area contributed by atoms with E-state index < -0.39 is 0 Å². The summed E-state index contributed by atoms with van der Waals surface area (Å²) < 4.78 is 0. The Morgan fingerprint density at radius 3 is 3.00 bits per heavy atom. The number of rotatable bonds is 3. The lowest BCUT2D eigenvalue weighted by Crippen LogP contribution is -2.40. The molecule has 1 aliphatic rings. The number of nitrogens with one attached hydrogen (secondary N) is 1. The van der Waals surface area contributed by atoms with Crippen molar-refractivity contribution in [3.05, 3.63) is 48.0 Å². The first-order chi connectivity index (χ1) is 7.22. The van der Waals surface area contributed by atoms with E-state index in [0.29, 0.717) is 5.92 Å². The Kier molecular flexibility index (Phi) is 2.58. The molecule has 15 heavy (non-hydrogen) atoms. The molecule has 0 heterocycles. The van der Waals surface area contributed by atoms with E-state index in [1.54, 1.807) is 0 Å². The monoisotopic (exact) mass is 201 g/mol. The Hall–Kier alpha value is -1.57. The average molecular weight is 201 g/mol. The Balaban J connectivity index is 2.04. The molecular formula is C13H15NO. The largest absolute Gasteiger partial charge is 0.349 e. The number of carbonyl (C=O) groups excluding carboxylic acids is 1. The maximum Gasteiger partial charge on any atom is 0.243 e. The van der Waals surface area contributed by atoms with Crippen LogP contribution in [-0.4, -0.2) is 11.9 Å². The van der Waals surface area contributed by atoms with Crippen molar-refractivity contribution in [3.63, 3.8) is 0 Å². The summed E-state index contributed by atoms with van der Waals surface area (Å²) >= 11 is 0. The van der Waals surface area contributed by atoms with Gasteiger partial charge in [0, 0.05) is 12.0 Å². The maximum absolute atomic E-state index is 11.1. The fraction of sp³-hybridized carbons (Fsp3) is 0.308. The van der Waals surface area contributed by atoms with Crippen LogP contribution in [0.3, 0.4) is 0 Å². The minimum atomic E-state index is -0.0909. The van der Waals surface area contributed by atoms with Crippen molar-refractivity contribution in [2.45, 2.75) is 25.3 Å². The van der Waals surface area contributed by atoms with E-state index in [1.807, 2.05) is 13.0 Å². The summed E-state index contributed by atoms with van der Waals surface area (Å²) in [4.78, 5) is 11.1. The van der Waals surface area contributed by atoms with Gasteiger partial charge in [0.1, 0.15) is 0 Å². The van der Waals surface area contributed by atoms with Crippen LogP contribution in [0, 0.1) is 0 Å². The third-order valence-corrected chi connectivity index (χ3v) is 3.05. The van der Waals surface area contributed by atoms with Gasteiger partial charge >= 0.3 is 0 Å². The molecule has 2 nitrogen and oxygen atoms in total. The molecule has 78 valence electrons. The zero-order chi connectivity index (χ0) is 10.8. The lowest BCUT2D eigenvalue weighted by Gasteiger charge is -2.35. The first kappa shape index (κ1) is 9.97. The number of benzene rings is 1. The molecule has 1 aromatic carbocycles. The second kappa shape index (κ2) is 3.89. The highest BCUT2D eigenvalue weighted by molar-refractivity contribution is 5.87. The molecule has 1 amide bonds. The third-order valence-electron chi connectivity index (χ3n) is 3.05. The summed E-state index contributed by atoms with van der Waals surface area (Å²) in [6.07, 6.45) is 2.38. The fourth-order valence-electron chi connectivity index (χ4n) is 2.13. The van der Waals surface area contributed by atoms with E-state index in [-0.39, 0.29) is 11.9 Å². The Morgan fingerprint density at radius 1 is 1.60 bits per heavy atom. The van der Waals surface area contributed by atoms with E-state index in [9.17, 15) is 4.79 Å².